The molecule has 0 saturated carbocycles. The van der Waals surface area contributed by atoms with Crippen molar-refractivity contribution in [3.05, 3.63) is 107 Å². The van der Waals surface area contributed by atoms with Gasteiger partial charge in [0.05, 0.1) is 0 Å². The van der Waals surface area contributed by atoms with Crippen molar-refractivity contribution in [3.63, 3.8) is 0 Å². The average molecular weight is 385 g/mol. The number of rotatable bonds is 7. The van der Waals surface area contributed by atoms with E-state index in [0.29, 0.717) is 11.8 Å². The summed E-state index contributed by atoms with van der Waals surface area (Å²) in [6.45, 7) is 11.7. The molecule has 0 saturated heterocycles. The molecule has 0 N–H and O–H groups in total. The van der Waals surface area contributed by atoms with E-state index in [4.69, 9.17) is 0 Å². The fraction of sp³-hybridized carbons (Fsp3) is 0.379. The van der Waals surface area contributed by atoms with Gasteiger partial charge in [0.15, 0.2) is 0 Å². The van der Waals surface area contributed by atoms with Crippen LogP contribution in [0.25, 0.3) is 0 Å². The van der Waals surface area contributed by atoms with Crippen LogP contribution >= 0.6 is 0 Å². The summed E-state index contributed by atoms with van der Waals surface area (Å²) in [5.41, 5.74) is 7.43. The van der Waals surface area contributed by atoms with E-state index in [2.05, 4.69) is 113 Å². The van der Waals surface area contributed by atoms with E-state index in [1.165, 1.54) is 34.2 Å². The van der Waals surface area contributed by atoms with Gasteiger partial charge in [0.1, 0.15) is 0 Å². The van der Waals surface area contributed by atoms with Crippen LogP contribution < -0.4 is 0 Å². The Kier molecular flexibility index (Phi) is 6.96. The largest absolute Gasteiger partial charge is 0.0651 e. The lowest BCUT2D eigenvalue weighted by molar-refractivity contribution is 0.440. The molecule has 0 nitrogen and oxygen atoms in total. The highest BCUT2D eigenvalue weighted by Gasteiger charge is 2.23. The first-order chi connectivity index (χ1) is 13.9. The van der Waals surface area contributed by atoms with Gasteiger partial charge in [0.25, 0.3) is 0 Å². The van der Waals surface area contributed by atoms with Crippen molar-refractivity contribution in [3.8, 4) is 0 Å². The fourth-order valence-corrected chi connectivity index (χ4v) is 4.17. The van der Waals surface area contributed by atoms with Crippen molar-refractivity contribution in [2.75, 3.05) is 0 Å². The van der Waals surface area contributed by atoms with Crippen LogP contribution in [0.3, 0.4) is 0 Å². The second kappa shape index (κ2) is 9.44. The molecule has 0 aromatic heterocycles. The van der Waals surface area contributed by atoms with E-state index >= 15 is 0 Å². The third kappa shape index (κ3) is 5.60. The molecule has 3 aromatic rings. The maximum atomic E-state index is 2.47. The third-order valence-electron chi connectivity index (χ3n) is 6.28. The van der Waals surface area contributed by atoms with Gasteiger partial charge in [-0.05, 0) is 57.9 Å². The van der Waals surface area contributed by atoms with E-state index < -0.39 is 0 Å². The molecule has 3 aromatic carbocycles. The summed E-state index contributed by atoms with van der Waals surface area (Å²) in [5.74, 6) is 1.18. The molecule has 0 aliphatic carbocycles. The van der Waals surface area contributed by atoms with Crippen LogP contribution in [-0.2, 0) is 18.3 Å². The van der Waals surface area contributed by atoms with E-state index in [-0.39, 0.29) is 5.41 Å². The van der Waals surface area contributed by atoms with Gasteiger partial charge in [-0.25, -0.2) is 0 Å². The Morgan fingerprint density at radius 3 is 1.90 bits per heavy atom. The topological polar surface area (TPSA) is 0 Å². The predicted molar refractivity (Wildman–Crippen MR) is 127 cm³/mol. The SMILES string of the molecule is CCC(C)C(Cc1ccccc1)c1ccc(C(C)(C)C)cc1Cc1ccccc1. The van der Waals surface area contributed by atoms with Crippen LogP contribution in [0, 0.1) is 5.92 Å². The fourth-order valence-electron chi connectivity index (χ4n) is 4.17. The summed E-state index contributed by atoms with van der Waals surface area (Å²) in [7, 11) is 0. The lowest BCUT2D eigenvalue weighted by Crippen LogP contribution is -2.17. The molecule has 0 aliphatic heterocycles. The maximum absolute atomic E-state index is 2.47. The van der Waals surface area contributed by atoms with Gasteiger partial charge in [-0.3, -0.25) is 0 Å². The number of hydrogen-bond acceptors (Lipinski definition) is 0. The molecule has 0 heteroatoms. The number of hydrogen-bond donors (Lipinski definition) is 0. The van der Waals surface area contributed by atoms with Gasteiger partial charge >= 0.3 is 0 Å². The Labute approximate surface area is 178 Å². The molecule has 0 aliphatic rings. The summed E-state index contributed by atoms with van der Waals surface area (Å²) in [6, 6.07) is 29.2. The molecule has 29 heavy (non-hydrogen) atoms. The minimum atomic E-state index is 0.162. The van der Waals surface area contributed by atoms with Crippen LogP contribution in [0.5, 0.6) is 0 Å². The third-order valence-corrected chi connectivity index (χ3v) is 6.28. The molecule has 2 atom stereocenters. The second-order valence-electron chi connectivity index (χ2n) is 9.51. The van der Waals surface area contributed by atoms with Crippen LogP contribution in [0.2, 0.25) is 0 Å². The smallest absolute Gasteiger partial charge is 0.00228 e. The Morgan fingerprint density at radius 2 is 1.34 bits per heavy atom. The molecule has 2 unspecified atom stereocenters. The van der Waals surface area contributed by atoms with Crippen molar-refractivity contribution in [1.82, 2.24) is 0 Å². The molecular formula is C29H36. The highest BCUT2D eigenvalue weighted by atomic mass is 14.3. The van der Waals surface area contributed by atoms with E-state index in [1.54, 1.807) is 0 Å². The summed E-state index contributed by atoms with van der Waals surface area (Å²) in [4.78, 5) is 0. The lowest BCUT2D eigenvalue weighted by atomic mass is 9.76. The summed E-state index contributed by atoms with van der Waals surface area (Å²) in [6.07, 6.45) is 3.30. The normalized spacial score (nSPS) is 13.8. The van der Waals surface area contributed by atoms with E-state index in [1.807, 2.05) is 0 Å². The zero-order valence-corrected chi connectivity index (χ0v) is 18.8. The van der Waals surface area contributed by atoms with Gasteiger partial charge < -0.3 is 0 Å². The molecule has 0 fully saturated rings. The zero-order chi connectivity index (χ0) is 20.9. The number of benzene rings is 3. The van der Waals surface area contributed by atoms with Gasteiger partial charge in [0.2, 0.25) is 0 Å². The average Bonchev–Trinajstić information content (AvgIpc) is 2.72. The molecule has 0 bridgehead atoms. The highest BCUT2D eigenvalue weighted by Crippen LogP contribution is 2.36. The van der Waals surface area contributed by atoms with Gasteiger partial charge in [0, 0.05) is 0 Å². The molecule has 0 radical (unpaired) electrons. The van der Waals surface area contributed by atoms with Crippen molar-refractivity contribution in [1.29, 1.82) is 0 Å². The minimum absolute atomic E-state index is 0.162. The Balaban J connectivity index is 2.05. The first-order valence-corrected chi connectivity index (χ1v) is 11.1. The molecule has 0 spiro atoms. The molecule has 3 rings (SSSR count). The molecular weight excluding hydrogens is 348 g/mol. The molecule has 152 valence electrons. The van der Waals surface area contributed by atoms with E-state index in [0.717, 1.165) is 12.8 Å². The van der Waals surface area contributed by atoms with Crippen molar-refractivity contribution in [2.45, 2.75) is 65.2 Å². The van der Waals surface area contributed by atoms with Crippen LogP contribution in [0.1, 0.15) is 74.8 Å². The van der Waals surface area contributed by atoms with Crippen molar-refractivity contribution in [2.24, 2.45) is 5.92 Å². The highest BCUT2D eigenvalue weighted by molar-refractivity contribution is 5.41. The van der Waals surface area contributed by atoms with Crippen LogP contribution in [0.4, 0.5) is 0 Å². The van der Waals surface area contributed by atoms with E-state index in [9.17, 15) is 0 Å². The van der Waals surface area contributed by atoms with Crippen LogP contribution in [-0.4, -0.2) is 0 Å². The maximum Gasteiger partial charge on any atom is -0.00228 e. The molecule has 0 heterocycles. The predicted octanol–water partition coefficient (Wildman–Crippen LogP) is 7.95. The first-order valence-electron chi connectivity index (χ1n) is 11.1. The van der Waals surface area contributed by atoms with Gasteiger partial charge in [-0.15, -0.1) is 0 Å². The quantitative estimate of drug-likeness (QED) is 0.388. The molecule has 0 amide bonds. The second-order valence-corrected chi connectivity index (χ2v) is 9.51. The monoisotopic (exact) mass is 384 g/mol. The standard InChI is InChI=1S/C29H36/c1-6-22(2)28(20-24-15-11-8-12-16-24)27-18-17-26(29(3,4)5)21-25(27)19-23-13-9-7-10-14-23/h7-18,21-22,28H,6,19-20H2,1-5H3. The van der Waals surface area contributed by atoms with Gasteiger partial charge in [-0.2, -0.15) is 0 Å². The summed E-state index contributed by atoms with van der Waals surface area (Å²) < 4.78 is 0. The summed E-state index contributed by atoms with van der Waals surface area (Å²) in [5, 5.41) is 0. The lowest BCUT2D eigenvalue weighted by Gasteiger charge is -2.28. The Hall–Kier alpha value is -2.34. The Morgan fingerprint density at radius 1 is 0.759 bits per heavy atom. The zero-order valence-electron chi connectivity index (χ0n) is 18.8. The van der Waals surface area contributed by atoms with Crippen molar-refractivity contribution >= 4 is 0 Å². The summed E-state index contributed by atoms with van der Waals surface area (Å²) >= 11 is 0. The Bertz CT molecular complexity index is 884. The van der Waals surface area contributed by atoms with Gasteiger partial charge in [-0.1, -0.05) is 120 Å². The minimum Gasteiger partial charge on any atom is -0.0651 e. The van der Waals surface area contributed by atoms with Crippen molar-refractivity contribution < 1.29 is 0 Å². The first kappa shape index (κ1) is 21.4. The van der Waals surface area contributed by atoms with Crippen LogP contribution in [0.15, 0.2) is 78.9 Å².